The van der Waals surface area contributed by atoms with Crippen LogP contribution in [0, 0.1) is 11.3 Å². The molecule has 0 saturated heterocycles. The van der Waals surface area contributed by atoms with Crippen molar-refractivity contribution in [3.63, 3.8) is 0 Å². The molecule has 0 aliphatic carbocycles. The van der Waals surface area contributed by atoms with E-state index in [-0.39, 0.29) is 0 Å². The second-order valence-electron chi connectivity index (χ2n) is 4.05. The second-order valence-corrected chi connectivity index (χ2v) is 4.46. The van der Waals surface area contributed by atoms with Gasteiger partial charge in [0.25, 0.3) is 0 Å². The fourth-order valence-electron chi connectivity index (χ4n) is 1.76. The average molecular weight is 289 g/mol. The highest BCUT2D eigenvalue weighted by molar-refractivity contribution is 6.31. The van der Waals surface area contributed by atoms with Gasteiger partial charge < -0.3 is 15.8 Å². The van der Waals surface area contributed by atoms with E-state index < -0.39 is 0 Å². The summed E-state index contributed by atoms with van der Waals surface area (Å²) in [7, 11) is 1.59. The Kier molecular flexibility index (Phi) is 4.28. The molecule has 0 fully saturated rings. The number of nitrogens with one attached hydrogen (secondary N) is 1. The summed E-state index contributed by atoms with van der Waals surface area (Å²) < 4.78 is 5.26. The lowest BCUT2D eigenvalue weighted by Gasteiger charge is -2.12. The van der Waals surface area contributed by atoms with Crippen molar-refractivity contribution in [2.24, 2.45) is 0 Å². The first-order chi connectivity index (χ1) is 9.65. The van der Waals surface area contributed by atoms with Gasteiger partial charge in [0, 0.05) is 23.3 Å². The minimum absolute atomic E-state index is 0.412. The van der Waals surface area contributed by atoms with Crippen molar-refractivity contribution in [1.82, 2.24) is 4.98 Å². The van der Waals surface area contributed by atoms with Crippen LogP contribution in [0.1, 0.15) is 11.1 Å². The number of hydrogen-bond acceptors (Lipinski definition) is 5. The molecule has 0 atom stereocenters. The predicted molar refractivity (Wildman–Crippen MR) is 78.7 cm³/mol. The Morgan fingerprint density at radius 1 is 1.50 bits per heavy atom. The summed E-state index contributed by atoms with van der Waals surface area (Å²) in [6.07, 6.45) is 1.46. The second kappa shape index (κ2) is 6.13. The van der Waals surface area contributed by atoms with E-state index >= 15 is 0 Å². The van der Waals surface area contributed by atoms with Gasteiger partial charge in [0.1, 0.15) is 17.6 Å². The zero-order chi connectivity index (χ0) is 14.5. The van der Waals surface area contributed by atoms with E-state index in [4.69, 9.17) is 27.3 Å². The lowest BCUT2D eigenvalue weighted by Crippen LogP contribution is -2.06. The first-order valence-electron chi connectivity index (χ1n) is 5.86. The molecule has 0 saturated carbocycles. The molecule has 0 bridgehead atoms. The first kappa shape index (κ1) is 14.0. The maximum absolute atomic E-state index is 8.77. The average Bonchev–Trinajstić information content (AvgIpc) is 2.46. The molecule has 1 heterocycles. The zero-order valence-corrected chi connectivity index (χ0v) is 11.6. The number of ether oxygens (including phenoxy) is 1. The van der Waals surface area contributed by atoms with E-state index in [0.29, 0.717) is 34.4 Å². The van der Waals surface area contributed by atoms with Gasteiger partial charge in [-0.05, 0) is 18.2 Å². The number of hydrogen-bond donors (Lipinski definition) is 2. The largest absolute Gasteiger partial charge is 0.496 e. The van der Waals surface area contributed by atoms with Gasteiger partial charge in [-0.3, -0.25) is 0 Å². The summed E-state index contributed by atoms with van der Waals surface area (Å²) in [5.41, 5.74) is 7.48. The Hall–Kier alpha value is -2.45. The monoisotopic (exact) mass is 288 g/mol. The van der Waals surface area contributed by atoms with Gasteiger partial charge in [0.05, 0.1) is 18.4 Å². The molecular weight excluding hydrogens is 276 g/mol. The summed E-state index contributed by atoms with van der Waals surface area (Å²) in [5.74, 6) is 1.20. The van der Waals surface area contributed by atoms with Crippen LogP contribution in [-0.4, -0.2) is 12.1 Å². The SMILES string of the molecule is COc1cccc(Cl)c1CNc1ncc(C#N)cc1N. The molecule has 1 aromatic heterocycles. The third-order valence-electron chi connectivity index (χ3n) is 2.77. The van der Waals surface area contributed by atoms with E-state index in [1.807, 2.05) is 18.2 Å². The summed E-state index contributed by atoms with van der Waals surface area (Å²) >= 11 is 6.15. The van der Waals surface area contributed by atoms with Crippen molar-refractivity contribution >= 4 is 23.1 Å². The van der Waals surface area contributed by atoms with Crippen LogP contribution in [0.5, 0.6) is 5.75 Å². The Morgan fingerprint density at radius 2 is 2.30 bits per heavy atom. The van der Waals surface area contributed by atoms with E-state index in [9.17, 15) is 0 Å². The van der Waals surface area contributed by atoms with Gasteiger partial charge >= 0.3 is 0 Å². The number of anilines is 2. The molecule has 1 aromatic carbocycles. The number of aromatic nitrogens is 1. The van der Waals surface area contributed by atoms with Crippen LogP contribution >= 0.6 is 11.6 Å². The highest BCUT2D eigenvalue weighted by Gasteiger charge is 2.09. The molecule has 3 N–H and O–H groups in total. The van der Waals surface area contributed by atoms with Crippen LogP contribution in [0.15, 0.2) is 30.5 Å². The highest BCUT2D eigenvalue weighted by Crippen LogP contribution is 2.27. The molecule has 2 aromatic rings. The normalized spacial score (nSPS) is 9.85. The van der Waals surface area contributed by atoms with Crippen LogP contribution in [-0.2, 0) is 6.54 Å². The Labute approximate surface area is 122 Å². The number of nitriles is 1. The number of nitrogens with zero attached hydrogens (tertiary/aromatic N) is 2. The molecule has 6 heteroatoms. The maximum atomic E-state index is 8.77. The van der Waals surface area contributed by atoms with Gasteiger partial charge in [-0.2, -0.15) is 5.26 Å². The van der Waals surface area contributed by atoms with Crippen molar-refractivity contribution < 1.29 is 4.74 Å². The summed E-state index contributed by atoms with van der Waals surface area (Å²) in [4.78, 5) is 4.11. The third-order valence-corrected chi connectivity index (χ3v) is 3.13. The zero-order valence-electron chi connectivity index (χ0n) is 10.9. The maximum Gasteiger partial charge on any atom is 0.149 e. The fraction of sp³-hybridized carbons (Fsp3) is 0.143. The van der Waals surface area contributed by atoms with Crippen molar-refractivity contribution in [3.8, 4) is 11.8 Å². The number of nitrogen functional groups attached to an aromatic ring is 1. The molecule has 0 aliphatic heterocycles. The van der Waals surface area contributed by atoms with Gasteiger partial charge in [0.15, 0.2) is 0 Å². The van der Waals surface area contributed by atoms with Crippen molar-refractivity contribution in [1.29, 1.82) is 5.26 Å². The molecule has 5 nitrogen and oxygen atoms in total. The lowest BCUT2D eigenvalue weighted by atomic mass is 10.2. The van der Waals surface area contributed by atoms with E-state index in [0.717, 1.165) is 5.56 Å². The van der Waals surface area contributed by atoms with E-state index in [2.05, 4.69) is 10.3 Å². The number of rotatable bonds is 4. The summed E-state index contributed by atoms with van der Waals surface area (Å²) in [6, 6.07) is 8.99. The standard InChI is InChI=1S/C14H13ClN4O/c1-20-13-4-2-3-11(15)10(13)8-19-14-12(17)5-9(6-16)7-18-14/h2-5,7H,8,17H2,1H3,(H,18,19). The summed E-state index contributed by atoms with van der Waals surface area (Å²) in [6.45, 7) is 0.423. The van der Waals surface area contributed by atoms with Crippen LogP contribution in [0.2, 0.25) is 5.02 Å². The molecule has 2 rings (SSSR count). The minimum atomic E-state index is 0.412. The predicted octanol–water partition coefficient (Wildman–Crippen LogP) is 2.81. The molecular formula is C14H13ClN4O. The van der Waals surface area contributed by atoms with E-state index in [1.54, 1.807) is 19.2 Å². The van der Waals surface area contributed by atoms with Crippen LogP contribution in [0.4, 0.5) is 11.5 Å². The number of nitrogens with two attached hydrogens (primary N) is 1. The smallest absolute Gasteiger partial charge is 0.149 e. The van der Waals surface area contributed by atoms with E-state index in [1.165, 1.54) is 6.20 Å². The van der Waals surface area contributed by atoms with Gasteiger partial charge in [-0.25, -0.2) is 4.98 Å². The van der Waals surface area contributed by atoms with Crippen molar-refractivity contribution in [2.45, 2.75) is 6.54 Å². The number of pyridine rings is 1. The Bertz CT molecular complexity index is 667. The fourth-order valence-corrected chi connectivity index (χ4v) is 2.00. The number of methoxy groups -OCH3 is 1. The number of halogens is 1. The molecule has 0 radical (unpaired) electrons. The number of benzene rings is 1. The topological polar surface area (TPSA) is 84.0 Å². The lowest BCUT2D eigenvalue weighted by molar-refractivity contribution is 0.410. The Morgan fingerprint density at radius 3 is 2.95 bits per heavy atom. The minimum Gasteiger partial charge on any atom is -0.496 e. The van der Waals surface area contributed by atoms with Gasteiger partial charge in [-0.1, -0.05) is 17.7 Å². The quantitative estimate of drug-likeness (QED) is 0.904. The highest BCUT2D eigenvalue weighted by atomic mass is 35.5. The van der Waals surface area contributed by atoms with Gasteiger partial charge in [0.2, 0.25) is 0 Å². The van der Waals surface area contributed by atoms with Crippen LogP contribution in [0.3, 0.4) is 0 Å². The molecule has 0 amide bonds. The van der Waals surface area contributed by atoms with Gasteiger partial charge in [-0.15, -0.1) is 0 Å². The van der Waals surface area contributed by atoms with Crippen LogP contribution < -0.4 is 15.8 Å². The third kappa shape index (κ3) is 2.92. The molecule has 0 spiro atoms. The van der Waals surface area contributed by atoms with Crippen LogP contribution in [0.25, 0.3) is 0 Å². The molecule has 102 valence electrons. The Balaban J connectivity index is 2.19. The molecule has 0 aliphatic rings. The summed E-state index contributed by atoms with van der Waals surface area (Å²) in [5, 5.41) is 12.5. The van der Waals surface area contributed by atoms with Crippen molar-refractivity contribution in [2.75, 3.05) is 18.2 Å². The molecule has 0 unspecified atom stereocenters. The molecule has 20 heavy (non-hydrogen) atoms. The van der Waals surface area contributed by atoms with Crippen molar-refractivity contribution in [3.05, 3.63) is 46.6 Å². The first-order valence-corrected chi connectivity index (χ1v) is 6.24.